The van der Waals surface area contributed by atoms with Gasteiger partial charge in [0.25, 0.3) is 0 Å². The summed E-state index contributed by atoms with van der Waals surface area (Å²) in [7, 11) is 0. The number of nitrogens with zero attached hydrogens (tertiary/aromatic N) is 2. The monoisotopic (exact) mass is 139 g/mol. The summed E-state index contributed by atoms with van der Waals surface area (Å²) >= 11 is 0. The van der Waals surface area contributed by atoms with E-state index in [1.165, 1.54) is 12.8 Å². The Kier molecular flexibility index (Phi) is 1.29. The van der Waals surface area contributed by atoms with Crippen molar-refractivity contribution in [3.8, 4) is 0 Å². The number of fused-ring (bicyclic) bond motifs is 2. The van der Waals surface area contributed by atoms with Crippen molar-refractivity contribution in [1.29, 1.82) is 0 Å². The Morgan fingerprint density at radius 2 is 2.50 bits per heavy atom. The van der Waals surface area contributed by atoms with Crippen molar-refractivity contribution in [2.24, 2.45) is 16.6 Å². The summed E-state index contributed by atoms with van der Waals surface area (Å²) < 4.78 is 0. The third-order valence-electron chi connectivity index (χ3n) is 2.35. The van der Waals surface area contributed by atoms with Gasteiger partial charge in [0, 0.05) is 19.6 Å². The lowest BCUT2D eigenvalue weighted by molar-refractivity contribution is 0.243. The van der Waals surface area contributed by atoms with E-state index in [9.17, 15) is 0 Å². The molecule has 0 aromatic heterocycles. The molecule has 0 spiro atoms. The van der Waals surface area contributed by atoms with Crippen molar-refractivity contribution in [1.82, 2.24) is 4.90 Å². The fourth-order valence-corrected chi connectivity index (χ4v) is 1.74. The number of nitrogens with two attached hydrogens (primary N) is 1. The minimum Gasteiger partial charge on any atom is -0.370 e. The molecule has 2 rings (SSSR count). The van der Waals surface area contributed by atoms with E-state index < -0.39 is 0 Å². The normalized spacial score (nSPS) is 31.8. The zero-order valence-electron chi connectivity index (χ0n) is 6.08. The molecule has 3 nitrogen and oxygen atoms in total. The standard InChI is InChI=1S/C7H13N3/c8-7-9-4-6-2-1-3-10(7)5-6/h6H,1-5H2,(H2,8,9)/t6-/m1/s1. The maximum Gasteiger partial charge on any atom is 0.191 e. The summed E-state index contributed by atoms with van der Waals surface area (Å²) in [4.78, 5) is 6.43. The van der Waals surface area contributed by atoms with Crippen molar-refractivity contribution in [3.63, 3.8) is 0 Å². The minimum absolute atomic E-state index is 0.760. The summed E-state index contributed by atoms with van der Waals surface area (Å²) in [6.45, 7) is 3.23. The Bertz CT molecular complexity index is 164. The molecule has 1 saturated heterocycles. The van der Waals surface area contributed by atoms with Gasteiger partial charge in [-0.25, -0.2) is 0 Å². The molecule has 2 aliphatic rings. The molecule has 0 aromatic carbocycles. The molecule has 2 N–H and O–H groups in total. The van der Waals surface area contributed by atoms with Gasteiger partial charge in [0.15, 0.2) is 5.96 Å². The number of guanidine groups is 1. The summed E-state index contributed by atoms with van der Waals surface area (Å²) in [5.74, 6) is 1.55. The van der Waals surface area contributed by atoms with Crippen molar-refractivity contribution in [2.75, 3.05) is 19.6 Å². The first-order valence-electron chi connectivity index (χ1n) is 3.91. The van der Waals surface area contributed by atoms with Crippen molar-refractivity contribution >= 4 is 5.96 Å². The summed E-state index contributed by atoms with van der Waals surface area (Å²) in [5, 5.41) is 0. The van der Waals surface area contributed by atoms with Gasteiger partial charge in [-0.15, -0.1) is 0 Å². The van der Waals surface area contributed by atoms with Crippen LogP contribution in [-0.4, -0.2) is 30.5 Å². The van der Waals surface area contributed by atoms with Crippen LogP contribution in [0.15, 0.2) is 4.99 Å². The van der Waals surface area contributed by atoms with Crippen LogP contribution in [0, 0.1) is 5.92 Å². The first kappa shape index (κ1) is 6.01. The molecule has 0 aromatic rings. The highest BCUT2D eigenvalue weighted by molar-refractivity contribution is 5.78. The van der Waals surface area contributed by atoms with Crippen molar-refractivity contribution in [3.05, 3.63) is 0 Å². The van der Waals surface area contributed by atoms with Crippen LogP contribution >= 0.6 is 0 Å². The predicted octanol–water partition coefficient (Wildman–Crippen LogP) is 0.0267. The zero-order valence-corrected chi connectivity index (χ0v) is 6.08. The average Bonchev–Trinajstić information content (AvgIpc) is 1.99. The molecule has 10 heavy (non-hydrogen) atoms. The highest BCUT2D eigenvalue weighted by atomic mass is 15.3. The number of hydrogen-bond donors (Lipinski definition) is 1. The second-order valence-electron chi connectivity index (χ2n) is 3.15. The third kappa shape index (κ3) is 0.856. The lowest BCUT2D eigenvalue weighted by Gasteiger charge is -2.36. The fraction of sp³-hybridized carbons (Fsp3) is 0.857. The Labute approximate surface area is 60.9 Å². The number of aliphatic imine (C=N–C) groups is 1. The van der Waals surface area contributed by atoms with Gasteiger partial charge in [0.05, 0.1) is 0 Å². The van der Waals surface area contributed by atoms with Crippen LogP contribution in [-0.2, 0) is 0 Å². The second-order valence-corrected chi connectivity index (χ2v) is 3.15. The molecule has 2 bridgehead atoms. The number of hydrogen-bond acceptors (Lipinski definition) is 3. The van der Waals surface area contributed by atoms with Gasteiger partial charge < -0.3 is 10.6 Å². The Morgan fingerprint density at radius 1 is 1.60 bits per heavy atom. The maximum atomic E-state index is 5.66. The molecule has 0 saturated carbocycles. The van der Waals surface area contributed by atoms with Crippen molar-refractivity contribution in [2.45, 2.75) is 12.8 Å². The molecule has 2 aliphatic heterocycles. The minimum atomic E-state index is 0.760. The summed E-state index contributed by atoms with van der Waals surface area (Å²) in [6, 6.07) is 0. The zero-order chi connectivity index (χ0) is 6.97. The van der Waals surface area contributed by atoms with Crippen LogP contribution in [0.5, 0.6) is 0 Å². The molecule has 56 valence electrons. The molecule has 0 unspecified atom stereocenters. The molecular weight excluding hydrogens is 126 g/mol. The lowest BCUT2D eigenvalue weighted by Crippen LogP contribution is -2.48. The van der Waals surface area contributed by atoms with E-state index in [1.807, 2.05) is 0 Å². The molecular formula is C7H13N3. The van der Waals surface area contributed by atoms with E-state index >= 15 is 0 Å². The molecule has 0 amide bonds. The van der Waals surface area contributed by atoms with Gasteiger partial charge in [0.1, 0.15) is 0 Å². The molecule has 1 fully saturated rings. The molecule has 1 atom stereocenters. The van der Waals surface area contributed by atoms with Crippen LogP contribution in [0.4, 0.5) is 0 Å². The van der Waals surface area contributed by atoms with Gasteiger partial charge in [-0.2, -0.15) is 0 Å². The Hall–Kier alpha value is -0.730. The van der Waals surface area contributed by atoms with E-state index in [4.69, 9.17) is 5.73 Å². The van der Waals surface area contributed by atoms with Crippen LogP contribution in [0.1, 0.15) is 12.8 Å². The van der Waals surface area contributed by atoms with Crippen molar-refractivity contribution < 1.29 is 0 Å². The fourth-order valence-electron chi connectivity index (χ4n) is 1.74. The molecule has 3 heteroatoms. The predicted molar refractivity (Wildman–Crippen MR) is 40.8 cm³/mol. The average molecular weight is 139 g/mol. The smallest absolute Gasteiger partial charge is 0.191 e. The van der Waals surface area contributed by atoms with Crippen LogP contribution in [0.2, 0.25) is 0 Å². The SMILES string of the molecule is NC1=NC[C@H]2CCCN1C2. The molecule has 2 heterocycles. The second kappa shape index (κ2) is 2.15. The van der Waals surface area contributed by atoms with Crippen LogP contribution in [0.3, 0.4) is 0 Å². The van der Waals surface area contributed by atoms with Gasteiger partial charge >= 0.3 is 0 Å². The Morgan fingerprint density at radius 3 is 3.30 bits per heavy atom. The quantitative estimate of drug-likeness (QED) is 0.514. The lowest BCUT2D eigenvalue weighted by atomic mass is 9.97. The van der Waals surface area contributed by atoms with E-state index in [2.05, 4.69) is 9.89 Å². The van der Waals surface area contributed by atoms with Gasteiger partial charge in [-0.05, 0) is 18.8 Å². The topological polar surface area (TPSA) is 41.6 Å². The van der Waals surface area contributed by atoms with E-state index in [0.29, 0.717) is 0 Å². The number of piperidine rings is 1. The first-order valence-corrected chi connectivity index (χ1v) is 3.91. The number of rotatable bonds is 0. The largest absolute Gasteiger partial charge is 0.370 e. The third-order valence-corrected chi connectivity index (χ3v) is 2.35. The summed E-state index contributed by atoms with van der Waals surface area (Å²) in [5.41, 5.74) is 5.66. The van der Waals surface area contributed by atoms with E-state index in [0.717, 1.165) is 31.5 Å². The van der Waals surface area contributed by atoms with E-state index in [-0.39, 0.29) is 0 Å². The molecule has 0 radical (unpaired) electrons. The first-order chi connectivity index (χ1) is 4.86. The van der Waals surface area contributed by atoms with Crippen LogP contribution < -0.4 is 5.73 Å². The van der Waals surface area contributed by atoms with Crippen LogP contribution in [0.25, 0.3) is 0 Å². The molecule has 0 aliphatic carbocycles. The van der Waals surface area contributed by atoms with Gasteiger partial charge in [-0.1, -0.05) is 0 Å². The maximum absolute atomic E-state index is 5.66. The highest BCUT2D eigenvalue weighted by Crippen LogP contribution is 2.19. The van der Waals surface area contributed by atoms with E-state index in [1.54, 1.807) is 0 Å². The highest BCUT2D eigenvalue weighted by Gasteiger charge is 2.24. The van der Waals surface area contributed by atoms with Gasteiger partial charge in [-0.3, -0.25) is 4.99 Å². The van der Waals surface area contributed by atoms with Gasteiger partial charge in [0.2, 0.25) is 0 Å². The Balaban J connectivity index is 2.15. The summed E-state index contributed by atoms with van der Waals surface area (Å²) in [6.07, 6.45) is 2.63.